The van der Waals surface area contributed by atoms with Crippen molar-refractivity contribution in [2.24, 2.45) is 0 Å². The number of anilines is 1. The van der Waals surface area contributed by atoms with Crippen molar-refractivity contribution in [1.29, 1.82) is 0 Å². The number of rotatable bonds is 5. The summed E-state index contributed by atoms with van der Waals surface area (Å²) in [5.74, 6) is 1.27. The molecule has 2 heterocycles. The zero-order valence-electron chi connectivity index (χ0n) is 18.4. The van der Waals surface area contributed by atoms with Crippen molar-refractivity contribution in [3.63, 3.8) is 0 Å². The molecular weight excluding hydrogens is 378 g/mol. The zero-order valence-corrected chi connectivity index (χ0v) is 18.4. The first-order chi connectivity index (χ1) is 14.0. The molecule has 3 aromatic rings. The Morgan fingerprint density at radius 2 is 1.70 bits per heavy atom. The van der Waals surface area contributed by atoms with Crippen LogP contribution in [-0.4, -0.2) is 32.3 Å². The van der Waals surface area contributed by atoms with E-state index in [4.69, 9.17) is 4.74 Å². The van der Waals surface area contributed by atoms with E-state index >= 15 is 0 Å². The van der Waals surface area contributed by atoms with Crippen LogP contribution in [0.3, 0.4) is 0 Å². The summed E-state index contributed by atoms with van der Waals surface area (Å²) in [6, 6.07) is 11.4. The summed E-state index contributed by atoms with van der Waals surface area (Å²) in [5, 5.41) is 7.47. The Morgan fingerprint density at radius 1 is 1.00 bits per heavy atom. The van der Waals surface area contributed by atoms with Crippen molar-refractivity contribution in [2.75, 3.05) is 11.9 Å². The molecule has 0 saturated heterocycles. The highest BCUT2D eigenvalue weighted by Gasteiger charge is 2.22. The van der Waals surface area contributed by atoms with Gasteiger partial charge < -0.3 is 10.1 Å². The highest BCUT2D eigenvalue weighted by Crippen LogP contribution is 2.26. The molecule has 0 spiro atoms. The largest absolute Gasteiger partial charge is 0.484 e. The Hall–Kier alpha value is -3.22. The summed E-state index contributed by atoms with van der Waals surface area (Å²) < 4.78 is 7.26. The number of hydrogen-bond donors (Lipinski definition) is 1. The third kappa shape index (κ3) is 5.23. The Bertz CT molecular complexity index is 1010. The molecule has 1 amide bonds. The number of aromatic nitrogens is 4. The molecular formula is C23H29N5O2. The minimum Gasteiger partial charge on any atom is -0.484 e. The van der Waals surface area contributed by atoms with Crippen molar-refractivity contribution < 1.29 is 9.53 Å². The van der Waals surface area contributed by atoms with Gasteiger partial charge in [-0.2, -0.15) is 9.78 Å². The number of carbonyl (C=O) groups excluding carboxylic acids is 1. The SMILES string of the molecule is CC(C)(C)c1cccc(OCC(=O)Nc2cc(C(C)(C)C)nn2-c2ncccn2)c1. The molecule has 1 aromatic carbocycles. The lowest BCUT2D eigenvalue weighted by Gasteiger charge is -2.19. The normalized spacial score (nSPS) is 11.9. The number of nitrogens with one attached hydrogen (secondary N) is 1. The van der Waals surface area contributed by atoms with Gasteiger partial charge in [0.15, 0.2) is 6.61 Å². The lowest BCUT2D eigenvalue weighted by molar-refractivity contribution is -0.118. The highest BCUT2D eigenvalue weighted by molar-refractivity contribution is 5.91. The van der Waals surface area contributed by atoms with Gasteiger partial charge in [0.1, 0.15) is 11.6 Å². The average Bonchev–Trinajstić information content (AvgIpc) is 3.11. The maximum absolute atomic E-state index is 12.6. The molecule has 30 heavy (non-hydrogen) atoms. The third-order valence-electron chi connectivity index (χ3n) is 4.56. The molecule has 0 aliphatic carbocycles. The average molecular weight is 408 g/mol. The summed E-state index contributed by atoms with van der Waals surface area (Å²) in [6.45, 7) is 12.5. The van der Waals surface area contributed by atoms with E-state index < -0.39 is 0 Å². The first-order valence-electron chi connectivity index (χ1n) is 9.95. The molecule has 0 bridgehead atoms. The van der Waals surface area contributed by atoms with E-state index in [0.717, 1.165) is 11.3 Å². The van der Waals surface area contributed by atoms with Crippen molar-refractivity contribution in [3.8, 4) is 11.7 Å². The number of hydrogen-bond acceptors (Lipinski definition) is 5. The van der Waals surface area contributed by atoms with Gasteiger partial charge in [0.25, 0.3) is 11.9 Å². The molecule has 3 rings (SSSR count). The van der Waals surface area contributed by atoms with E-state index in [1.54, 1.807) is 23.1 Å². The molecule has 2 aromatic heterocycles. The van der Waals surface area contributed by atoms with Crippen LogP contribution in [0.4, 0.5) is 5.82 Å². The predicted molar refractivity (Wildman–Crippen MR) is 117 cm³/mol. The summed E-state index contributed by atoms with van der Waals surface area (Å²) in [4.78, 5) is 21.1. The van der Waals surface area contributed by atoms with Crippen LogP contribution in [0.1, 0.15) is 52.8 Å². The maximum Gasteiger partial charge on any atom is 0.263 e. The van der Waals surface area contributed by atoms with Crippen molar-refractivity contribution in [1.82, 2.24) is 19.7 Å². The van der Waals surface area contributed by atoms with Crippen LogP contribution in [-0.2, 0) is 15.6 Å². The molecule has 0 saturated carbocycles. The van der Waals surface area contributed by atoms with Crippen LogP contribution >= 0.6 is 0 Å². The number of carbonyl (C=O) groups is 1. The fourth-order valence-corrected chi connectivity index (χ4v) is 2.77. The lowest BCUT2D eigenvalue weighted by atomic mass is 9.87. The first-order valence-corrected chi connectivity index (χ1v) is 9.95. The van der Waals surface area contributed by atoms with E-state index in [2.05, 4.69) is 68.0 Å². The Balaban J connectivity index is 1.76. The van der Waals surface area contributed by atoms with Gasteiger partial charge in [-0.05, 0) is 29.2 Å². The van der Waals surface area contributed by atoms with Gasteiger partial charge in [-0.1, -0.05) is 53.7 Å². The second-order valence-electron chi connectivity index (χ2n) is 9.24. The van der Waals surface area contributed by atoms with Gasteiger partial charge in [0.05, 0.1) is 5.69 Å². The zero-order chi connectivity index (χ0) is 21.9. The van der Waals surface area contributed by atoms with Crippen LogP contribution in [0.5, 0.6) is 5.75 Å². The molecule has 0 fully saturated rings. The van der Waals surface area contributed by atoms with Gasteiger partial charge in [-0.25, -0.2) is 9.97 Å². The second-order valence-corrected chi connectivity index (χ2v) is 9.24. The summed E-state index contributed by atoms with van der Waals surface area (Å²) in [5.41, 5.74) is 1.79. The lowest BCUT2D eigenvalue weighted by Crippen LogP contribution is -2.22. The smallest absolute Gasteiger partial charge is 0.263 e. The predicted octanol–water partition coefficient (Wildman–Crippen LogP) is 4.27. The van der Waals surface area contributed by atoms with Crippen LogP contribution in [0, 0.1) is 0 Å². The number of ether oxygens (including phenoxy) is 1. The van der Waals surface area contributed by atoms with Gasteiger partial charge in [0, 0.05) is 23.9 Å². The highest BCUT2D eigenvalue weighted by atomic mass is 16.5. The summed E-state index contributed by atoms with van der Waals surface area (Å²) >= 11 is 0. The van der Waals surface area contributed by atoms with Crippen LogP contribution in [0.15, 0.2) is 48.8 Å². The molecule has 7 heteroatoms. The first kappa shape index (κ1) is 21.5. The standard InChI is InChI=1S/C23H29N5O2/c1-22(2,3)16-9-7-10-17(13-16)30-15-20(29)26-19-14-18(23(4,5)6)27-28(19)21-24-11-8-12-25-21/h7-14H,15H2,1-6H3,(H,26,29). The van der Waals surface area contributed by atoms with E-state index in [0.29, 0.717) is 17.5 Å². The fourth-order valence-electron chi connectivity index (χ4n) is 2.77. The quantitative estimate of drug-likeness (QED) is 0.683. The molecule has 0 atom stereocenters. The van der Waals surface area contributed by atoms with Crippen LogP contribution in [0.25, 0.3) is 5.95 Å². The topological polar surface area (TPSA) is 81.9 Å². The van der Waals surface area contributed by atoms with Crippen molar-refractivity contribution in [2.45, 2.75) is 52.4 Å². The van der Waals surface area contributed by atoms with E-state index in [1.165, 1.54) is 0 Å². The van der Waals surface area contributed by atoms with Gasteiger partial charge >= 0.3 is 0 Å². The van der Waals surface area contributed by atoms with Gasteiger partial charge in [-0.15, -0.1) is 0 Å². The van der Waals surface area contributed by atoms with Crippen LogP contribution in [0.2, 0.25) is 0 Å². The second kappa shape index (κ2) is 8.26. The van der Waals surface area contributed by atoms with Crippen molar-refractivity contribution >= 4 is 11.7 Å². The van der Waals surface area contributed by atoms with E-state index in [1.807, 2.05) is 24.3 Å². The Kier molecular flexibility index (Phi) is 5.92. The number of nitrogens with zero attached hydrogens (tertiary/aromatic N) is 4. The Morgan fingerprint density at radius 3 is 2.33 bits per heavy atom. The van der Waals surface area contributed by atoms with Gasteiger partial charge in [0.2, 0.25) is 0 Å². The fraction of sp³-hybridized carbons (Fsp3) is 0.391. The molecule has 0 aliphatic heterocycles. The molecule has 0 unspecified atom stereocenters. The minimum absolute atomic E-state index is 0.00711. The van der Waals surface area contributed by atoms with Gasteiger partial charge in [-0.3, -0.25) is 4.79 Å². The van der Waals surface area contributed by atoms with E-state index in [-0.39, 0.29) is 23.3 Å². The third-order valence-corrected chi connectivity index (χ3v) is 4.56. The van der Waals surface area contributed by atoms with Crippen LogP contribution < -0.4 is 10.1 Å². The molecule has 7 nitrogen and oxygen atoms in total. The van der Waals surface area contributed by atoms with Crippen molar-refractivity contribution in [3.05, 3.63) is 60.0 Å². The number of benzene rings is 1. The maximum atomic E-state index is 12.6. The number of amides is 1. The monoisotopic (exact) mass is 407 g/mol. The summed E-state index contributed by atoms with van der Waals surface area (Å²) in [7, 11) is 0. The molecule has 1 N–H and O–H groups in total. The van der Waals surface area contributed by atoms with E-state index in [9.17, 15) is 4.79 Å². The Labute approximate surface area is 177 Å². The molecule has 158 valence electrons. The minimum atomic E-state index is -0.284. The summed E-state index contributed by atoms with van der Waals surface area (Å²) in [6.07, 6.45) is 3.27. The molecule has 0 aliphatic rings. The molecule has 0 radical (unpaired) electrons.